The molecular weight excluding hydrogens is 124 g/mol. The van der Waals surface area contributed by atoms with Crippen LogP contribution in [0, 0.1) is 5.92 Å². The van der Waals surface area contributed by atoms with E-state index >= 15 is 0 Å². The van der Waals surface area contributed by atoms with Crippen molar-refractivity contribution in [3.05, 3.63) is 0 Å². The zero-order valence-corrected chi connectivity index (χ0v) is 7.85. The summed E-state index contributed by atoms with van der Waals surface area (Å²) in [5.41, 5.74) is 0. The summed E-state index contributed by atoms with van der Waals surface area (Å²) >= 11 is 0. The van der Waals surface area contributed by atoms with Gasteiger partial charge in [-0.25, -0.2) is 0 Å². The first kappa shape index (κ1) is 12.6. The monoisotopic (exact) mass is 146 g/mol. The zero-order chi connectivity index (χ0) is 8.41. The molecule has 0 aromatic heterocycles. The van der Waals surface area contributed by atoms with Gasteiger partial charge in [-0.2, -0.15) is 0 Å². The van der Waals surface area contributed by atoms with Crippen molar-refractivity contribution in [2.24, 2.45) is 5.92 Å². The summed E-state index contributed by atoms with van der Waals surface area (Å²) in [7, 11) is 0. The van der Waals surface area contributed by atoms with E-state index in [1.54, 1.807) is 0 Å². The van der Waals surface area contributed by atoms with E-state index in [1.807, 2.05) is 13.8 Å². The lowest BCUT2D eigenvalue weighted by Gasteiger charge is -2.07. The van der Waals surface area contributed by atoms with Crippen LogP contribution in [0.2, 0.25) is 0 Å². The van der Waals surface area contributed by atoms with Crippen molar-refractivity contribution in [3.8, 4) is 0 Å². The van der Waals surface area contributed by atoms with Crippen LogP contribution in [-0.2, 0) is 0 Å². The number of aliphatic hydroxyl groups excluding tert-OH is 1. The Morgan fingerprint density at radius 2 is 1.70 bits per heavy atom. The molecular formula is C9H22O. The van der Waals surface area contributed by atoms with Gasteiger partial charge in [0.2, 0.25) is 0 Å². The Balaban J connectivity index is 0. The maximum absolute atomic E-state index is 8.66. The van der Waals surface area contributed by atoms with Crippen LogP contribution in [0.3, 0.4) is 0 Å². The van der Waals surface area contributed by atoms with Gasteiger partial charge in [0.05, 0.1) is 0 Å². The van der Waals surface area contributed by atoms with Crippen LogP contribution in [0.25, 0.3) is 0 Å². The van der Waals surface area contributed by atoms with Crippen LogP contribution in [-0.4, -0.2) is 11.7 Å². The van der Waals surface area contributed by atoms with E-state index in [0.717, 1.165) is 6.42 Å². The average Bonchev–Trinajstić information content (AvgIpc) is 2.04. The van der Waals surface area contributed by atoms with Crippen molar-refractivity contribution in [3.63, 3.8) is 0 Å². The third kappa shape index (κ3) is 7.96. The fraction of sp³-hybridized carbons (Fsp3) is 1.00. The van der Waals surface area contributed by atoms with Crippen LogP contribution in [0.5, 0.6) is 0 Å². The molecule has 1 atom stereocenters. The van der Waals surface area contributed by atoms with Crippen LogP contribution < -0.4 is 0 Å². The van der Waals surface area contributed by atoms with E-state index < -0.39 is 0 Å². The molecule has 10 heavy (non-hydrogen) atoms. The van der Waals surface area contributed by atoms with Gasteiger partial charge in [0.1, 0.15) is 0 Å². The Labute approximate surface area is 65.5 Å². The zero-order valence-electron chi connectivity index (χ0n) is 7.85. The number of rotatable bonds is 4. The molecule has 0 fully saturated rings. The van der Waals surface area contributed by atoms with Crippen molar-refractivity contribution in [1.29, 1.82) is 0 Å². The summed E-state index contributed by atoms with van der Waals surface area (Å²) in [5.74, 6) is 0.556. The van der Waals surface area contributed by atoms with Crippen LogP contribution in [0.15, 0.2) is 0 Å². The van der Waals surface area contributed by atoms with Gasteiger partial charge >= 0.3 is 0 Å². The van der Waals surface area contributed by atoms with Crippen molar-refractivity contribution >= 4 is 0 Å². The number of aliphatic hydroxyl groups is 1. The first-order valence-corrected chi connectivity index (χ1v) is 4.46. The lowest BCUT2D eigenvalue weighted by atomic mass is 10.0. The summed E-state index contributed by atoms with van der Waals surface area (Å²) in [6.45, 7) is 8.64. The maximum Gasteiger partial charge on any atom is 0.0459 e. The van der Waals surface area contributed by atoms with Crippen molar-refractivity contribution in [2.45, 2.75) is 47.0 Å². The van der Waals surface area contributed by atoms with Gasteiger partial charge in [0.15, 0.2) is 0 Å². The molecule has 0 saturated heterocycles. The number of hydrogen-bond acceptors (Lipinski definition) is 1. The summed E-state index contributed by atoms with van der Waals surface area (Å²) in [5, 5.41) is 8.66. The third-order valence-electron chi connectivity index (χ3n) is 1.53. The summed E-state index contributed by atoms with van der Waals surface area (Å²) in [6.07, 6.45) is 3.48. The highest BCUT2D eigenvalue weighted by Gasteiger charge is 2.00. The minimum atomic E-state index is 0.365. The quantitative estimate of drug-likeness (QED) is 0.646. The lowest BCUT2D eigenvalue weighted by Crippen LogP contribution is -2.02. The molecule has 0 aliphatic heterocycles. The Kier molecular flexibility index (Phi) is 14.8. The highest BCUT2D eigenvalue weighted by molar-refractivity contribution is 4.51. The molecule has 0 aliphatic carbocycles. The molecule has 0 rings (SSSR count). The molecule has 0 aromatic rings. The second-order valence-corrected chi connectivity index (χ2v) is 2.25. The van der Waals surface area contributed by atoms with E-state index in [-0.39, 0.29) is 0 Å². The van der Waals surface area contributed by atoms with E-state index in [4.69, 9.17) is 5.11 Å². The van der Waals surface area contributed by atoms with Gasteiger partial charge in [-0.1, -0.05) is 40.5 Å². The fourth-order valence-electron chi connectivity index (χ4n) is 0.833. The third-order valence-corrected chi connectivity index (χ3v) is 1.53. The lowest BCUT2D eigenvalue weighted by molar-refractivity contribution is 0.214. The Hall–Kier alpha value is -0.0400. The molecule has 0 saturated carbocycles. The molecule has 0 aliphatic rings. The molecule has 0 heterocycles. The van der Waals surface area contributed by atoms with Crippen LogP contribution in [0.4, 0.5) is 0 Å². The molecule has 0 spiro atoms. The molecule has 0 amide bonds. The first-order chi connectivity index (χ1) is 4.85. The molecule has 1 N–H and O–H groups in total. The Morgan fingerprint density at radius 1 is 1.20 bits per heavy atom. The summed E-state index contributed by atoms with van der Waals surface area (Å²) < 4.78 is 0. The summed E-state index contributed by atoms with van der Waals surface area (Å²) in [6, 6.07) is 0. The SMILES string of the molecule is CC.CCCC(CC)CO. The molecule has 1 unspecified atom stereocenters. The second kappa shape index (κ2) is 11.7. The molecule has 1 nitrogen and oxygen atoms in total. The van der Waals surface area contributed by atoms with Gasteiger partial charge in [0, 0.05) is 6.61 Å². The predicted molar refractivity (Wildman–Crippen MR) is 47.1 cm³/mol. The molecule has 0 radical (unpaired) electrons. The van der Waals surface area contributed by atoms with E-state index in [2.05, 4.69) is 13.8 Å². The normalized spacial score (nSPS) is 11.7. The van der Waals surface area contributed by atoms with Crippen LogP contribution in [0.1, 0.15) is 47.0 Å². The molecule has 1 heteroatoms. The largest absolute Gasteiger partial charge is 0.396 e. The molecule has 0 bridgehead atoms. The highest BCUT2D eigenvalue weighted by atomic mass is 16.3. The van der Waals surface area contributed by atoms with Crippen molar-refractivity contribution < 1.29 is 5.11 Å². The van der Waals surface area contributed by atoms with E-state index in [9.17, 15) is 0 Å². The van der Waals surface area contributed by atoms with Crippen molar-refractivity contribution in [1.82, 2.24) is 0 Å². The smallest absolute Gasteiger partial charge is 0.0459 e. The topological polar surface area (TPSA) is 20.2 Å². The van der Waals surface area contributed by atoms with Gasteiger partial charge in [-0.15, -0.1) is 0 Å². The van der Waals surface area contributed by atoms with Crippen LogP contribution >= 0.6 is 0 Å². The van der Waals surface area contributed by atoms with E-state index in [1.165, 1.54) is 12.8 Å². The minimum Gasteiger partial charge on any atom is -0.396 e. The second-order valence-electron chi connectivity index (χ2n) is 2.25. The van der Waals surface area contributed by atoms with Gasteiger partial charge in [0.25, 0.3) is 0 Å². The van der Waals surface area contributed by atoms with Gasteiger partial charge < -0.3 is 5.11 Å². The minimum absolute atomic E-state index is 0.365. The standard InChI is InChI=1S/C7H16O.C2H6/c1-3-5-7(4-2)6-8;1-2/h7-8H,3-6H2,1-2H3;1-2H3. The Morgan fingerprint density at radius 3 is 1.80 bits per heavy atom. The van der Waals surface area contributed by atoms with Crippen molar-refractivity contribution in [2.75, 3.05) is 6.61 Å². The first-order valence-electron chi connectivity index (χ1n) is 4.46. The van der Waals surface area contributed by atoms with Gasteiger partial charge in [-0.3, -0.25) is 0 Å². The summed E-state index contributed by atoms with van der Waals surface area (Å²) in [4.78, 5) is 0. The maximum atomic E-state index is 8.66. The van der Waals surface area contributed by atoms with E-state index in [0.29, 0.717) is 12.5 Å². The predicted octanol–water partition coefficient (Wildman–Crippen LogP) is 2.83. The molecule has 0 aromatic carbocycles. The molecule has 64 valence electrons. The number of hydrogen-bond donors (Lipinski definition) is 1. The fourth-order valence-corrected chi connectivity index (χ4v) is 0.833. The Bertz CT molecular complexity index is 40.0. The highest BCUT2D eigenvalue weighted by Crippen LogP contribution is 2.08. The van der Waals surface area contributed by atoms with Gasteiger partial charge in [-0.05, 0) is 12.3 Å². The average molecular weight is 146 g/mol.